The lowest BCUT2D eigenvalue weighted by molar-refractivity contribution is 0.483. The molecule has 0 spiro atoms. The van der Waals surface area contributed by atoms with Crippen LogP contribution in [-0.4, -0.2) is 11.0 Å². The summed E-state index contributed by atoms with van der Waals surface area (Å²) in [6.07, 6.45) is 2.66. The van der Waals surface area contributed by atoms with Crippen molar-refractivity contribution in [2.75, 3.05) is 0 Å². The Morgan fingerprint density at radius 2 is 1.81 bits per heavy atom. The van der Waals surface area contributed by atoms with Crippen molar-refractivity contribution >= 4 is 10.9 Å². The summed E-state index contributed by atoms with van der Waals surface area (Å²) in [6, 6.07) is 18.1. The van der Waals surface area contributed by atoms with Crippen LogP contribution in [-0.2, 0) is 6.42 Å². The van der Waals surface area contributed by atoms with E-state index in [2.05, 4.69) is 17.1 Å². The summed E-state index contributed by atoms with van der Waals surface area (Å²) in [5.74, 6) is 1.61. The molecule has 1 heterocycles. The van der Waals surface area contributed by atoms with Crippen LogP contribution in [0.4, 0.5) is 0 Å². The zero-order valence-electron chi connectivity index (χ0n) is 12.0. The van der Waals surface area contributed by atoms with Crippen molar-refractivity contribution in [2.45, 2.75) is 19.4 Å². The molecular formula is C18H18N2O. The molecule has 0 saturated carbocycles. The van der Waals surface area contributed by atoms with Gasteiger partial charge in [0.25, 0.3) is 0 Å². The van der Waals surface area contributed by atoms with Gasteiger partial charge in [0.1, 0.15) is 11.5 Å². The van der Waals surface area contributed by atoms with Gasteiger partial charge in [-0.25, -0.2) is 0 Å². The fourth-order valence-corrected chi connectivity index (χ4v) is 2.31. The maximum Gasteiger partial charge on any atom is 0.129 e. The summed E-state index contributed by atoms with van der Waals surface area (Å²) in [4.78, 5) is 4.34. The molecule has 0 aliphatic heterocycles. The maximum atomic E-state index is 5.88. The van der Waals surface area contributed by atoms with E-state index in [1.165, 1.54) is 5.56 Å². The monoisotopic (exact) mass is 278 g/mol. The van der Waals surface area contributed by atoms with Crippen LogP contribution in [0.2, 0.25) is 0 Å². The molecule has 2 N–H and O–H groups in total. The van der Waals surface area contributed by atoms with Crippen molar-refractivity contribution in [3.05, 3.63) is 66.4 Å². The molecule has 0 aliphatic rings. The number of nitrogens with two attached hydrogens (primary N) is 1. The second kappa shape index (κ2) is 5.94. The van der Waals surface area contributed by atoms with E-state index in [1.807, 2.05) is 49.4 Å². The lowest BCUT2D eigenvalue weighted by Crippen LogP contribution is -2.17. The highest BCUT2D eigenvalue weighted by atomic mass is 16.5. The zero-order chi connectivity index (χ0) is 14.7. The van der Waals surface area contributed by atoms with Gasteiger partial charge in [-0.3, -0.25) is 4.98 Å². The van der Waals surface area contributed by atoms with Crippen molar-refractivity contribution in [1.82, 2.24) is 4.98 Å². The van der Waals surface area contributed by atoms with Gasteiger partial charge >= 0.3 is 0 Å². The molecule has 21 heavy (non-hydrogen) atoms. The van der Waals surface area contributed by atoms with Gasteiger partial charge in [0.05, 0.1) is 5.52 Å². The molecule has 0 radical (unpaired) electrons. The third-order valence-electron chi connectivity index (χ3n) is 3.29. The Bertz CT molecular complexity index is 736. The van der Waals surface area contributed by atoms with Crippen LogP contribution in [0.1, 0.15) is 12.5 Å². The SMILES string of the molecule is CC(N)Cc1ccc(Oc2ccc3cccnc3c2)cc1. The highest BCUT2D eigenvalue weighted by Crippen LogP contribution is 2.25. The van der Waals surface area contributed by atoms with Crippen molar-refractivity contribution in [3.8, 4) is 11.5 Å². The summed E-state index contributed by atoms with van der Waals surface area (Å²) in [7, 11) is 0. The molecule has 0 saturated heterocycles. The van der Waals surface area contributed by atoms with Crippen molar-refractivity contribution < 1.29 is 4.74 Å². The minimum Gasteiger partial charge on any atom is -0.457 e. The van der Waals surface area contributed by atoms with Crippen LogP contribution in [0, 0.1) is 0 Å². The second-order valence-electron chi connectivity index (χ2n) is 5.29. The van der Waals surface area contributed by atoms with E-state index in [1.54, 1.807) is 6.20 Å². The summed E-state index contributed by atoms with van der Waals surface area (Å²) < 4.78 is 5.88. The Morgan fingerprint density at radius 1 is 1.05 bits per heavy atom. The van der Waals surface area contributed by atoms with E-state index in [4.69, 9.17) is 10.5 Å². The van der Waals surface area contributed by atoms with Gasteiger partial charge in [-0.05, 0) is 49.2 Å². The lowest BCUT2D eigenvalue weighted by Gasteiger charge is -2.09. The highest BCUT2D eigenvalue weighted by Gasteiger charge is 2.02. The average molecular weight is 278 g/mol. The molecule has 0 fully saturated rings. The van der Waals surface area contributed by atoms with Gasteiger partial charge in [-0.1, -0.05) is 18.2 Å². The Kier molecular flexibility index (Phi) is 3.84. The van der Waals surface area contributed by atoms with Crippen LogP contribution < -0.4 is 10.5 Å². The quantitative estimate of drug-likeness (QED) is 0.787. The van der Waals surface area contributed by atoms with Crippen LogP contribution in [0.25, 0.3) is 10.9 Å². The summed E-state index contributed by atoms with van der Waals surface area (Å²) >= 11 is 0. The number of hydrogen-bond donors (Lipinski definition) is 1. The molecule has 1 unspecified atom stereocenters. The van der Waals surface area contributed by atoms with E-state index in [-0.39, 0.29) is 6.04 Å². The van der Waals surface area contributed by atoms with Crippen LogP contribution in [0.3, 0.4) is 0 Å². The van der Waals surface area contributed by atoms with Gasteiger partial charge in [-0.15, -0.1) is 0 Å². The van der Waals surface area contributed by atoms with Crippen molar-refractivity contribution in [1.29, 1.82) is 0 Å². The number of benzene rings is 2. The minimum atomic E-state index is 0.170. The van der Waals surface area contributed by atoms with Gasteiger partial charge < -0.3 is 10.5 Å². The summed E-state index contributed by atoms with van der Waals surface area (Å²) in [5, 5.41) is 1.11. The first-order valence-electron chi connectivity index (χ1n) is 7.08. The molecule has 3 nitrogen and oxygen atoms in total. The standard InChI is InChI=1S/C18H18N2O/c1-13(19)11-14-4-7-16(8-5-14)21-17-9-6-15-3-2-10-20-18(15)12-17/h2-10,12-13H,11,19H2,1H3. The molecule has 1 atom stereocenters. The number of pyridine rings is 1. The Hall–Kier alpha value is -2.39. The smallest absolute Gasteiger partial charge is 0.129 e. The predicted molar refractivity (Wildman–Crippen MR) is 85.6 cm³/mol. The Balaban J connectivity index is 1.78. The number of nitrogens with zero attached hydrogens (tertiary/aromatic N) is 1. The Morgan fingerprint density at radius 3 is 2.57 bits per heavy atom. The van der Waals surface area contributed by atoms with Gasteiger partial charge in [0.15, 0.2) is 0 Å². The number of rotatable bonds is 4. The predicted octanol–water partition coefficient (Wildman–Crippen LogP) is 3.92. The van der Waals surface area contributed by atoms with Gasteiger partial charge in [-0.2, -0.15) is 0 Å². The molecule has 1 aromatic heterocycles. The molecule has 3 aromatic rings. The largest absolute Gasteiger partial charge is 0.457 e. The molecule has 0 amide bonds. The van der Waals surface area contributed by atoms with E-state index in [9.17, 15) is 0 Å². The third-order valence-corrected chi connectivity index (χ3v) is 3.29. The fraction of sp³-hybridized carbons (Fsp3) is 0.167. The minimum absolute atomic E-state index is 0.170. The average Bonchev–Trinajstić information content (AvgIpc) is 2.49. The number of aromatic nitrogens is 1. The van der Waals surface area contributed by atoms with Crippen LogP contribution in [0.15, 0.2) is 60.8 Å². The van der Waals surface area contributed by atoms with E-state index < -0.39 is 0 Å². The van der Waals surface area contributed by atoms with Gasteiger partial charge in [0.2, 0.25) is 0 Å². The lowest BCUT2D eigenvalue weighted by atomic mass is 10.1. The van der Waals surface area contributed by atoms with Gasteiger partial charge in [0, 0.05) is 23.7 Å². The molecule has 2 aromatic carbocycles. The topological polar surface area (TPSA) is 48.1 Å². The van der Waals surface area contributed by atoms with E-state index in [0.717, 1.165) is 28.8 Å². The third kappa shape index (κ3) is 3.38. The Labute approximate surface area is 124 Å². The van der Waals surface area contributed by atoms with Crippen molar-refractivity contribution in [2.24, 2.45) is 5.73 Å². The first-order chi connectivity index (χ1) is 10.2. The van der Waals surface area contributed by atoms with Crippen molar-refractivity contribution in [3.63, 3.8) is 0 Å². The molecular weight excluding hydrogens is 260 g/mol. The van der Waals surface area contributed by atoms with E-state index >= 15 is 0 Å². The first-order valence-corrected chi connectivity index (χ1v) is 7.08. The van der Waals surface area contributed by atoms with Crippen LogP contribution >= 0.6 is 0 Å². The van der Waals surface area contributed by atoms with Crippen LogP contribution in [0.5, 0.6) is 11.5 Å². The molecule has 0 aliphatic carbocycles. The number of hydrogen-bond acceptors (Lipinski definition) is 3. The molecule has 3 rings (SSSR count). The first kappa shape index (κ1) is 13.6. The number of fused-ring (bicyclic) bond motifs is 1. The summed E-state index contributed by atoms with van der Waals surface area (Å²) in [6.45, 7) is 2.01. The van der Waals surface area contributed by atoms with E-state index in [0.29, 0.717) is 0 Å². The molecule has 106 valence electrons. The molecule has 3 heteroatoms. The fourth-order valence-electron chi connectivity index (χ4n) is 2.31. The normalized spacial score (nSPS) is 12.3. The number of ether oxygens (including phenoxy) is 1. The molecule has 0 bridgehead atoms. The second-order valence-corrected chi connectivity index (χ2v) is 5.29. The zero-order valence-corrected chi connectivity index (χ0v) is 12.0. The highest BCUT2D eigenvalue weighted by molar-refractivity contribution is 5.79. The maximum absolute atomic E-state index is 5.88. The summed E-state index contributed by atoms with van der Waals surface area (Å²) in [5.41, 5.74) is 7.95.